The molecule has 5 heteroatoms. The molecule has 0 saturated heterocycles. The lowest BCUT2D eigenvalue weighted by molar-refractivity contribution is 0.631. The van der Waals surface area contributed by atoms with Gasteiger partial charge in [-0.05, 0) is 48.0 Å². The van der Waals surface area contributed by atoms with E-state index < -0.39 is 0 Å². The summed E-state index contributed by atoms with van der Waals surface area (Å²) in [5.74, 6) is 0. The molecule has 0 aliphatic rings. The lowest BCUT2D eigenvalue weighted by Crippen LogP contribution is -2.22. The van der Waals surface area contributed by atoms with E-state index >= 15 is 0 Å². The van der Waals surface area contributed by atoms with Crippen molar-refractivity contribution in [3.8, 4) is 0 Å². The van der Waals surface area contributed by atoms with Crippen molar-refractivity contribution in [3.63, 3.8) is 0 Å². The molecule has 1 N–H and O–H groups in total. The number of benzene rings is 2. The quantitative estimate of drug-likeness (QED) is 0.661. The van der Waals surface area contributed by atoms with Gasteiger partial charge in [0.05, 0.1) is 6.04 Å². The Kier molecular flexibility index (Phi) is 5.76. The Labute approximate surface area is 142 Å². The first-order chi connectivity index (χ1) is 9.52. The predicted molar refractivity (Wildman–Crippen MR) is 91.1 cm³/mol. The lowest BCUT2D eigenvalue weighted by atomic mass is 9.98. The van der Waals surface area contributed by atoms with Crippen LogP contribution in [0.3, 0.4) is 0 Å². The zero-order valence-corrected chi connectivity index (χ0v) is 14.6. The van der Waals surface area contributed by atoms with Gasteiger partial charge in [0.2, 0.25) is 0 Å². The third-order valence-electron chi connectivity index (χ3n) is 2.95. The fourth-order valence-electron chi connectivity index (χ4n) is 2.06. The first kappa shape index (κ1) is 16.1. The zero-order chi connectivity index (χ0) is 14.7. The Morgan fingerprint density at radius 1 is 1.00 bits per heavy atom. The Bertz CT molecular complexity index is 616. The highest BCUT2D eigenvalue weighted by atomic mass is 79.9. The average molecular weight is 394 g/mol. The van der Waals surface area contributed by atoms with Gasteiger partial charge >= 0.3 is 0 Å². The molecule has 2 aromatic rings. The van der Waals surface area contributed by atoms with Crippen LogP contribution in [0, 0.1) is 0 Å². The molecule has 0 amide bonds. The second-order valence-electron chi connectivity index (χ2n) is 4.32. The summed E-state index contributed by atoms with van der Waals surface area (Å²) in [5, 5.41) is 5.35. The van der Waals surface area contributed by atoms with Crippen molar-refractivity contribution < 1.29 is 0 Å². The van der Waals surface area contributed by atoms with Gasteiger partial charge in [0, 0.05) is 19.5 Å². The van der Waals surface area contributed by atoms with Crippen LogP contribution >= 0.6 is 50.7 Å². The summed E-state index contributed by atoms with van der Waals surface area (Å²) in [7, 11) is 0. The van der Waals surface area contributed by atoms with E-state index in [4.69, 9.17) is 34.8 Å². The number of hydrogen-bond acceptors (Lipinski definition) is 1. The molecule has 0 bridgehead atoms. The molecular formula is C15H13BrCl3N. The third kappa shape index (κ3) is 3.69. The van der Waals surface area contributed by atoms with E-state index in [0.29, 0.717) is 15.1 Å². The van der Waals surface area contributed by atoms with Gasteiger partial charge in [-0.2, -0.15) is 0 Å². The zero-order valence-electron chi connectivity index (χ0n) is 10.8. The van der Waals surface area contributed by atoms with Crippen LogP contribution in [-0.4, -0.2) is 6.54 Å². The molecule has 1 unspecified atom stereocenters. The van der Waals surface area contributed by atoms with E-state index in [1.807, 2.05) is 37.3 Å². The van der Waals surface area contributed by atoms with Crippen molar-refractivity contribution in [2.45, 2.75) is 13.0 Å². The lowest BCUT2D eigenvalue weighted by Gasteiger charge is -2.21. The van der Waals surface area contributed by atoms with Crippen molar-refractivity contribution >= 4 is 50.7 Å². The van der Waals surface area contributed by atoms with Crippen LogP contribution in [0.25, 0.3) is 0 Å². The number of rotatable bonds is 4. The minimum absolute atomic E-state index is 0.0743. The largest absolute Gasteiger partial charge is 0.306 e. The number of hydrogen-bond donors (Lipinski definition) is 1. The highest BCUT2D eigenvalue weighted by Gasteiger charge is 2.19. The van der Waals surface area contributed by atoms with E-state index in [0.717, 1.165) is 22.1 Å². The average Bonchev–Trinajstić information content (AvgIpc) is 2.40. The predicted octanol–water partition coefficient (Wildman–Crippen LogP) is 6.11. The van der Waals surface area contributed by atoms with Crippen LogP contribution in [-0.2, 0) is 0 Å². The molecular weight excluding hydrogens is 380 g/mol. The summed E-state index contributed by atoms with van der Waals surface area (Å²) in [4.78, 5) is 0. The van der Waals surface area contributed by atoms with Crippen molar-refractivity contribution in [3.05, 3.63) is 67.1 Å². The van der Waals surface area contributed by atoms with Gasteiger partial charge in [0.15, 0.2) is 0 Å². The summed E-state index contributed by atoms with van der Waals surface area (Å²) < 4.78 is 0.977. The van der Waals surface area contributed by atoms with Gasteiger partial charge in [-0.3, -0.25) is 0 Å². The summed E-state index contributed by atoms with van der Waals surface area (Å²) in [6, 6.07) is 11.2. The van der Waals surface area contributed by atoms with Gasteiger partial charge in [0.1, 0.15) is 0 Å². The minimum atomic E-state index is -0.0743. The molecule has 0 aromatic heterocycles. The van der Waals surface area contributed by atoms with Crippen LogP contribution in [0.4, 0.5) is 0 Å². The fourth-order valence-corrected chi connectivity index (χ4v) is 3.19. The maximum atomic E-state index is 6.33. The van der Waals surface area contributed by atoms with Gasteiger partial charge in [-0.25, -0.2) is 0 Å². The van der Waals surface area contributed by atoms with Crippen molar-refractivity contribution in [2.24, 2.45) is 0 Å². The maximum absolute atomic E-state index is 6.33. The van der Waals surface area contributed by atoms with Gasteiger partial charge < -0.3 is 5.32 Å². The van der Waals surface area contributed by atoms with Gasteiger partial charge in [0.25, 0.3) is 0 Å². The molecule has 0 heterocycles. The fraction of sp³-hybridized carbons (Fsp3) is 0.200. The molecule has 106 valence electrons. The Hall–Kier alpha value is -0.250. The SMILES string of the molecule is CCNC(c1ccc(Cl)cc1Cl)c1cc(Br)ccc1Cl. The number of halogens is 4. The van der Waals surface area contributed by atoms with E-state index in [9.17, 15) is 0 Å². The first-order valence-corrected chi connectivity index (χ1v) is 8.09. The second kappa shape index (κ2) is 7.15. The topological polar surface area (TPSA) is 12.0 Å². The van der Waals surface area contributed by atoms with Crippen molar-refractivity contribution in [1.29, 1.82) is 0 Å². The highest BCUT2D eigenvalue weighted by molar-refractivity contribution is 9.10. The van der Waals surface area contributed by atoms with Crippen LogP contribution in [0.1, 0.15) is 24.1 Å². The molecule has 1 nitrogen and oxygen atoms in total. The Morgan fingerprint density at radius 2 is 1.75 bits per heavy atom. The highest BCUT2D eigenvalue weighted by Crippen LogP contribution is 2.35. The second-order valence-corrected chi connectivity index (χ2v) is 6.49. The molecule has 0 fully saturated rings. The van der Waals surface area contributed by atoms with Crippen LogP contribution < -0.4 is 5.32 Å². The van der Waals surface area contributed by atoms with E-state index in [2.05, 4.69) is 21.2 Å². The van der Waals surface area contributed by atoms with Crippen molar-refractivity contribution in [1.82, 2.24) is 5.32 Å². The van der Waals surface area contributed by atoms with Crippen LogP contribution in [0.15, 0.2) is 40.9 Å². The summed E-state index contributed by atoms with van der Waals surface area (Å²) in [6.07, 6.45) is 0. The standard InChI is InChI=1S/C15H13BrCl3N/c1-2-20-15(11-5-4-10(17)8-14(11)19)12-7-9(16)3-6-13(12)18/h3-8,15,20H,2H2,1H3. The molecule has 0 saturated carbocycles. The molecule has 20 heavy (non-hydrogen) atoms. The van der Waals surface area contributed by atoms with Crippen molar-refractivity contribution in [2.75, 3.05) is 6.54 Å². The Balaban J connectivity index is 2.53. The molecule has 0 spiro atoms. The van der Waals surface area contributed by atoms with Gasteiger partial charge in [-0.1, -0.05) is 63.7 Å². The summed E-state index contributed by atoms with van der Waals surface area (Å²) >= 11 is 22.1. The Morgan fingerprint density at radius 3 is 2.40 bits per heavy atom. The summed E-state index contributed by atoms with van der Waals surface area (Å²) in [6.45, 7) is 2.84. The third-order valence-corrected chi connectivity index (χ3v) is 4.35. The van der Waals surface area contributed by atoms with Crippen LogP contribution in [0.2, 0.25) is 15.1 Å². The molecule has 0 radical (unpaired) electrons. The maximum Gasteiger partial charge on any atom is 0.0606 e. The van der Waals surface area contributed by atoms with E-state index in [1.54, 1.807) is 6.07 Å². The molecule has 2 aromatic carbocycles. The first-order valence-electron chi connectivity index (χ1n) is 6.16. The van der Waals surface area contributed by atoms with E-state index in [-0.39, 0.29) is 6.04 Å². The monoisotopic (exact) mass is 391 g/mol. The molecule has 1 atom stereocenters. The van der Waals surface area contributed by atoms with E-state index in [1.165, 1.54) is 0 Å². The molecule has 0 aliphatic carbocycles. The van der Waals surface area contributed by atoms with Gasteiger partial charge in [-0.15, -0.1) is 0 Å². The smallest absolute Gasteiger partial charge is 0.0606 e. The normalized spacial score (nSPS) is 12.4. The minimum Gasteiger partial charge on any atom is -0.306 e. The van der Waals surface area contributed by atoms with Crippen LogP contribution in [0.5, 0.6) is 0 Å². The summed E-state index contributed by atoms with van der Waals surface area (Å²) in [5.41, 5.74) is 1.94. The number of nitrogens with one attached hydrogen (secondary N) is 1. The molecule has 0 aliphatic heterocycles. The molecule has 2 rings (SSSR count).